The largest absolute Gasteiger partial charge is 0.381 e. The summed E-state index contributed by atoms with van der Waals surface area (Å²) < 4.78 is 5.38. The number of carbonyl (C=O) groups excluding carboxylic acids is 2. The number of nitrogens with one attached hydrogen (secondary N) is 1. The lowest BCUT2D eigenvalue weighted by Crippen LogP contribution is -2.33. The summed E-state index contributed by atoms with van der Waals surface area (Å²) in [6.45, 7) is 1.90. The molecule has 1 aromatic heterocycles. The molecular formula is C25H24Cl2N4O3. The molecule has 9 heteroatoms. The maximum atomic E-state index is 13.1. The first kappa shape index (κ1) is 24.1. The molecule has 4 rings (SSSR count). The SMILES string of the molecule is NC(=O)C(c1ccccc1)c1nc(C(=O)NCC2CCOCC2)cc(-c2ccc(Cl)c(Cl)c2)n1. The van der Waals surface area contributed by atoms with Crippen LogP contribution in [-0.4, -0.2) is 41.5 Å². The Morgan fingerprint density at radius 2 is 1.76 bits per heavy atom. The van der Waals surface area contributed by atoms with Crippen LogP contribution in [0.25, 0.3) is 11.3 Å². The number of primary amides is 1. The summed E-state index contributed by atoms with van der Waals surface area (Å²) in [5, 5.41) is 3.70. The number of halogens is 2. The molecule has 1 fully saturated rings. The second-order valence-corrected chi connectivity index (χ2v) is 8.95. The Morgan fingerprint density at radius 1 is 1.03 bits per heavy atom. The fourth-order valence-corrected chi connectivity index (χ4v) is 4.18. The molecule has 34 heavy (non-hydrogen) atoms. The first-order valence-corrected chi connectivity index (χ1v) is 11.7. The van der Waals surface area contributed by atoms with E-state index in [9.17, 15) is 9.59 Å². The van der Waals surface area contributed by atoms with Crippen molar-refractivity contribution < 1.29 is 14.3 Å². The fraction of sp³-hybridized carbons (Fsp3) is 0.280. The Labute approximate surface area is 207 Å². The quantitative estimate of drug-likeness (QED) is 0.506. The van der Waals surface area contributed by atoms with E-state index in [1.54, 1.807) is 48.5 Å². The Bertz CT molecular complexity index is 1180. The first-order chi connectivity index (χ1) is 16.4. The van der Waals surface area contributed by atoms with Crippen molar-refractivity contribution in [2.45, 2.75) is 18.8 Å². The second-order valence-electron chi connectivity index (χ2n) is 8.14. The van der Waals surface area contributed by atoms with E-state index in [1.807, 2.05) is 6.07 Å². The maximum Gasteiger partial charge on any atom is 0.270 e. The highest BCUT2D eigenvalue weighted by Gasteiger charge is 2.26. The van der Waals surface area contributed by atoms with Crippen molar-refractivity contribution in [3.8, 4) is 11.3 Å². The highest BCUT2D eigenvalue weighted by molar-refractivity contribution is 6.42. The van der Waals surface area contributed by atoms with Gasteiger partial charge in [0.2, 0.25) is 5.91 Å². The summed E-state index contributed by atoms with van der Waals surface area (Å²) in [5.41, 5.74) is 7.58. The van der Waals surface area contributed by atoms with E-state index in [4.69, 9.17) is 33.7 Å². The van der Waals surface area contributed by atoms with Crippen LogP contribution in [0, 0.1) is 5.92 Å². The predicted octanol–water partition coefficient (Wildman–Crippen LogP) is 4.22. The minimum atomic E-state index is -0.925. The van der Waals surface area contributed by atoms with Crippen LogP contribution in [0.1, 0.15) is 40.6 Å². The van der Waals surface area contributed by atoms with Gasteiger partial charge in [0.25, 0.3) is 5.91 Å². The van der Waals surface area contributed by atoms with Crippen LogP contribution in [0.2, 0.25) is 10.0 Å². The molecule has 2 heterocycles. The minimum Gasteiger partial charge on any atom is -0.381 e. The number of amides is 2. The van der Waals surface area contributed by atoms with Gasteiger partial charge in [-0.25, -0.2) is 9.97 Å². The van der Waals surface area contributed by atoms with Gasteiger partial charge in [-0.1, -0.05) is 59.6 Å². The average Bonchev–Trinajstić information content (AvgIpc) is 2.85. The van der Waals surface area contributed by atoms with Crippen LogP contribution in [-0.2, 0) is 9.53 Å². The number of carbonyl (C=O) groups is 2. The molecule has 1 saturated heterocycles. The van der Waals surface area contributed by atoms with E-state index in [0.29, 0.717) is 52.5 Å². The van der Waals surface area contributed by atoms with Crippen molar-refractivity contribution in [1.29, 1.82) is 0 Å². The minimum absolute atomic E-state index is 0.137. The van der Waals surface area contributed by atoms with Crippen molar-refractivity contribution in [3.63, 3.8) is 0 Å². The van der Waals surface area contributed by atoms with E-state index < -0.39 is 11.8 Å². The van der Waals surface area contributed by atoms with Crippen LogP contribution < -0.4 is 11.1 Å². The predicted molar refractivity (Wildman–Crippen MR) is 131 cm³/mol. The van der Waals surface area contributed by atoms with Gasteiger partial charge in [-0.3, -0.25) is 9.59 Å². The van der Waals surface area contributed by atoms with Crippen LogP contribution in [0.15, 0.2) is 54.6 Å². The number of nitrogens with two attached hydrogens (primary N) is 1. The third-order valence-corrected chi connectivity index (χ3v) is 6.50. The van der Waals surface area contributed by atoms with Crippen LogP contribution in [0.5, 0.6) is 0 Å². The van der Waals surface area contributed by atoms with E-state index >= 15 is 0 Å². The molecule has 2 aromatic carbocycles. The lowest BCUT2D eigenvalue weighted by molar-refractivity contribution is -0.118. The Hall–Kier alpha value is -3.00. The van der Waals surface area contributed by atoms with Gasteiger partial charge in [0.15, 0.2) is 0 Å². The van der Waals surface area contributed by atoms with Gasteiger partial charge in [0, 0.05) is 25.3 Å². The Balaban J connectivity index is 1.73. The second kappa shape index (κ2) is 11.0. The first-order valence-electron chi connectivity index (χ1n) is 11.0. The lowest BCUT2D eigenvalue weighted by Gasteiger charge is -2.22. The number of ether oxygens (including phenoxy) is 1. The number of hydrogen-bond donors (Lipinski definition) is 2. The number of nitrogens with zero attached hydrogens (tertiary/aromatic N) is 2. The average molecular weight is 499 g/mol. The van der Waals surface area contributed by atoms with E-state index in [0.717, 1.165) is 12.8 Å². The zero-order valence-corrected chi connectivity index (χ0v) is 19.9. The van der Waals surface area contributed by atoms with Gasteiger partial charge in [0.1, 0.15) is 17.4 Å². The summed E-state index contributed by atoms with van der Waals surface area (Å²) in [7, 11) is 0. The number of hydrogen-bond acceptors (Lipinski definition) is 5. The molecule has 0 spiro atoms. The third kappa shape index (κ3) is 5.73. The van der Waals surface area contributed by atoms with Crippen molar-refractivity contribution in [3.05, 3.63) is 81.7 Å². The van der Waals surface area contributed by atoms with Gasteiger partial charge in [-0.2, -0.15) is 0 Å². The third-order valence-electron chi connectivity index (χ3n) is 5.76. The lowest BCUT2D eigenvalue weighted by atomic mass is 9.97. The molecule has 3 N–H and O–H groups in total. The van der Waals surface area contributed by atoms with Crippen molar-refractivity contribution in [1.82, 2.24) is 15.3 Å². The van der Waals surface area contributed by atoms with E-state index in [2.05, 4.69) is 15.3 Å². The molecule has 2 amide bonds. The molecule has 3 aromatic rings. The zero-order chi connectivity index (χ0) is 24.1. The molecular weight excluding hydrogens is 475 g/mol. The molecule has 1 aliphatic heterocycles. The number of benzene rings is 2. The van der Waals surface area contributed by atoms with Crippen molar-refractivity contribution in [2.24, 2.45) is 11.7 Å². The normalized spacial score (nSPS) is 15.0. The summed E-state index contributed by atoms with van der Waals surface area (Å²) in [5.74, 6) is -1.42. The van der Waals surface area contributed by atoms with Crippen molar-refractivity contribution in [2.75, 3.05) is 19.8 Å². The maximum absolute atomic E-state index is 13.1. The Kier molecular flexibility index (Phi) is 7.77. The van der Waals surface area contributed by atoms with Gasteiger partial charge in [-0.15, -0.1) is 0 Å². The number of aromatic nitrogens is 2. The smallest absolute Gasteiger partial charge is 0.270 e. The number of rotatable bonds is 7. The van der Waals surface area contributed by atoms with Gasteiger partial charge >= 0.3 is 0 Å². The van der Waals surface area contributed by atoms with Crippen LogP contribution in [0.4, 0.5) is 0 Å². The topological polar surface area (TPSA) is 107 Å². The molecule has 0 bridgehead atoms. The zero-order valence-electron chi connectivity index (χ0n) is 18.3. The van der Waals surface area contributed by atoms with Crippen LogP contribution in [0.3, 0.4) is 0 Å². The van der Waals surface area contributed by atoms with E-state index in [1.165, 1.54) is 0 Å². The monoisotopic (exact) mass is 498 g/mol. The van der Waals surface area contributed by atoms with Gasteiger partial charge < -0.3 is 15.8 Å². The standard InChI is InChI=1S/C25H24Cl2N4O3/c26-18-7-6-17(12-19(18)27)20-13-21(25(33)29-14-15-8-10-34-11-9-15)31-24(30-20)22(23(28)32)16-4-2-1-3-5-16/h1-7,12-13,15,22H,8-11,14H2,(H2,28,32)(H,29,33). The summed E-state index contributed by atoms with van der Waals surface area (Å²) in [6.07, 6.45) is 1.78. The molecule has 0 saturated carbocycles. The summed E-state index contributed by atoms with van der Waals surface area (Å²) >= 11 is 12.3. The van der Waals surface area contributed by atoms with Gasteiger partial charge in [-0.05, 0) is 42.5 Å². The molecule has 7 nitrogen and oxygen atoms in total. The fourth-order valence-electron chi connectivity index (χ4n) is 3.88. The molecule has 1 atom stereocenters. The van der Waals surface area contributed by atoms with E-state index in [-0.39, 0.29) is 17.4 Å². The summed E-state index contributed by atoms with van der Waals surface area (Å²) in [6, 6.07) is 15.6. The molecule has 1 unspecified atom stereocenters. The van der Waals surface area contributed by atoms with Gasteiger partial charge in [0.05, 0.1) is 15.7 Å². The Morgan fingerprint density at radius 3 is 2.44 bits per heavy atom. The molecule has 1 aliphatic rings. The molecule has 0 radical (unpaired) electrons. The van der Waals surface area contributed by atoms with Crippen molar-refractivity contribution >= 4 is 35.0 Å². The van der Waals surface area contributed by atoms with Crippen LogP contribution >= 0.6 is 23.2 Å². The molecule has 0 aliphatic carbocycles. The highest BCUT2D eigenvalue weighted by atomic mass is 35.5. The highest BCUT2D eigenvalue weighted by Crippen LogP contribution is 2.30. The summed E-state index contributed by atoms with van der Waals surface area (Å²) in [4.78, 5) is 34.6. The molecule has 176 valence electrons.